The molecule has 12 heavy (non-hydrogen) atoms. The highest BCUT2D eigenvalue weighted by atomic mass is 79.9. The van der Waals surface area contributed by atoms with E-state index in [-0.39, 0.29) is 12.4 Å². The van der Waals surface area contributed by atoms with Crippen molar-refractivity contribution in [3.05, 3.63) is 28.5 Å². The number of nitrogens with zero attached hydrogens (tertiary/aromatic N) is 1. The Hall–Kier alpha value is -0.450. The van der Waals surface area contributed by atoms with Gasteiger partial charge in [-0.1, -0.05) is 0 Å². The van der Waals surface area contributed by atoms with Crippen LogP contribution in [0.15, 0.2) is 22.9 Å². The summed E-state index contributed by atoms with van der Waals surface area (Å²) in [7, 11) is 1.64. The van der Waals surface area contributed by atoms with E-state index in [1.54, 1.807) is 19.5 Å². The highest BCUT2D eigenvalue weighted by molar-refractivity contribution is 9.10. The van der Waals surface area contributed by atoms with Crippen LogP contribution in [0.1, 0.15) is 11.7 Å². The molecule has 1 fully saturated rings. The summed E-state index contributed by atoms with van der Waals surface area (Å²) in [4.78, 5) is 3.96. The van der Waals surface area contributed by atoms with E-state index in [9.17, 15) is 0 Å². The third-order valence-corrected chi connectivity index (χ3v) is 2.46. The zero-order valence-corrected chi connectivity index (χ0v) is 8.11. The van der Waals surface area contributed by atoms with Crippen LogP contribution in [-0.4, -0.2) is 18.4 Å². The lowest BCUT2D eigenvalue weighted by Gasteiger charge is -1.97. The molecule has 0 N–H and O–H groups in total. The highest BCUT2D eigenvalue weighted by Gasteiger charge is 2.41. The Morgan fingerprint density at radius 1 is 1.67 bits per heavy atom. The molecule has 1 aliphatic heterocycles. The van der Waals surface area contributed by atoms with Gasteiger partial charge in [0.2, 0.25) is 0 Å². The van der Waals surface area contributed by atoms with Gasteiger partial charge in [0.25, 0.3) is 0 Å². The second-order valence-corrected chi connectivity index (χ2v) is 3.41. The minimum absolute atomic E-state index is 0.0763. The molecule has 1 aromatic rings. The molecule has 0 radical (unpaired) electrons. The number of pyridine rings is 1. The summed E-state index contributed by atoms with van der Waals surface area (Å²) in [6.45, 7) is 0. The molecule has 4 heteroatoms. The van der Waals surface area contributed by atoms with Crippen molar-refractivity contribution in [1.82, 2.24) is 4.98 Å². The van der Waals surface area contributed by atoms with Crippen LogP contribution in [0, 0.1) is 0 Å². The zero-order chi connectivity index (χ0) is 8.55. The number of rotatable bonds is 2. The molecule has 0 amide bonds. The summed E-state index contributed by atoms with van der Waals surface area (Å²) in [6.07, 6.45) is 3.49. The van der Waals surface area contributed by atoms with Gasteiger partial charge in [-0.2, -0.15) is 0 Å². The molecule has 2 atom stereocenters. The lowest BCUT2D eigenvalue weighted by atomic mass is 10.2. The first kappa shape index (κ1) is 8.16. The first-order chi connectivity index (χ1) is 5.83. The van der Waals surface area contributed by atoms with Crippen molar-refractivity contribution in [2.75, 3.05) is 7.11 Å². The van der Waals surface area contributed by atoms with Gasteiger partial charge in [-0.15, -0.1) is 0 Å². The maximum absolute atomic E-state index is 5.25. The molecular weight excluding hydrogens is 222 g/mol. The molecule has 0 aliphatic carbocycles. The summed E-state index contributed by atoms with van der Waals surface area (Å²) >= 11 is 3.40. The van der Waals surface area contributed by atoms with Crippen molar-refractivity contribution in [3.63, 3.8) is 0 Å². The quantitative estimate of drug-likeness (QED) is 0.727. The Morgan fingerprint density at radius 2 is 2.50 bits per heavy atom. The van der Waals surface area contributed by atoms with E-state index in [0.29, 0.717) is 0 Å². The standard InChI is InChI=1S/C8H8BrNO2/c1-11-8-7(12-8)5-2-3-10-4-6(5)9/h2-4,7-8H,1H3. The van der Waals surface area contributed by atoms with E-state index in [1.807, 2.05) is 6.07 Å². The van der Waals surface area contributed by atoms with E-state index < -0.39 is 0 Å². The third-order valence-electron chi connectivity index (χ3n) is 1.79. The molecule has 2 rings (SSSR count). The van der Waals surface area contributed by atoms with E-state index in [4.69, 9.17) is 9.47 Å². The Bertz CT molecular complexity index is 292. The highest BCUT2D eigenvalue weighted by Crippen LogP contribution is 2.41. The number of hydrogen-bond acceptors (Lipinski definition) is 3. The number of ether oxygens (including phenoxy) is 2. The van der Waals surface area contributed by atoms with Gasteiger partial charge in [-0.25, -0.2) is 0 Å². The van der Waals surface area contributed by atoms with Gasteiger partial charge in [0.05, 0.1) is 0 Å². The lowest BCUT2D eigenvalue weighted by molar-refractivity contribution is 0.0950. The smallest absolute Gasteiger partial charge is 0.188 e. The van der Waals surface area contributed by atoms with Crippen molar-refractivity contribution < 1.29 is 9.47 Å². The van der Waals surface area contributed by atoms with Crippen LogP contribution in [0.25, 0.3) is 0 Å². The molecular formula is C8H8BrNO2. The van der Waals surface area contributed by atoms with Gasteiger partial charge in [0.1, 0.15) is 6.10 Å². The van der Waals surface area contributed by atoms with Crippen LogP contribution in [0.3, 0.4) is 0 Å². The van der Waals surface area contributed by atoms with Gasteiger partial charge < -0.3 is 9.47 Å². The zero-order valence-electron chi connectivity index (χ0n) is 6.53. The Morgan fingerprint density at radius 3 is 3.08 bits per heavy atom. The maximum atomic E-state index is 5.25. The van der Waals surface area contributed by atoms with Gasteiger partial charge in [-0.3, -0.25) is 4.98 Å². The Labute approximate surface area is 78.8 Å². The predicted octanol–water partition coefficient (Wildman–Crippen LogP) is 1.89. The second kappa shape index (κ2) is 3.12. The monoisotopic (exact) mass is 229 g/mol. The molecule has 0 bridgehead atoms. The molecule has 64 valence electrons. The minimum atomic E-state index is -0.0799. The van der Waals surface area contributed by atoms with Crippen LogP contribution in [-0.2, 0) is 9.47 Å². The summed E-state index contributed by atoms with van der Waals surface area (Å²) < 4.78 is 11.2. The summed E-state index contributed by atoms with van der Waals surface area (Å²) in [5.41, 5.74) is 1.09. The molecule has 3 nitrogen and oxygen atoms in total. The molecule has 0 saturated carbocycles. The summed E-state index contributed by atoms with van der Waals surface area (Å²) in [5, 5.41) is 0. The molecule has 1 saturated heterocycles. The van der Waals surface area contributed by atoms with Crippen LogP contribution in [0.2, 0.25) is 0 Å². The van der Waals surface area contributed by atoms with Gasteiger partial charge in [0, 0.05) is 29.5 Å². The normalized spacial score (nSPS) is 27.2. The van der Waals surface area contributed by atoms with E-state index in [2.05, 4.69) is 20.9 Å². The molecule has 1 aromatic heterocycles. The average molecular weight is 230 g/mol. The van der Waals surface area contributed by atoms with Crippen molar-refractivity contribution in [2.45, 2.75) is 12.4 Å². The topological polar surface area (TPSA) is 34.6 Å². The third kappa shape index (κ3) is 1.37. The fourth-order valence-electron chi connectivity index (χ4n) is 1.11. The largest absolute Gasteiger partial charge is 0.353 e. The first-order valence-electron chi connectivity index (χ1n) is 3.60. The lowest BCUT2D eigenvalue weighted by Crippen LogP contribution is -1.91. The number of halogens is 1. The van der Waals surface area contributed by atoms with Crippen LogP contribution in [0.4, 0.5) is 0 Å². The van der Waals surface area contributed by atoms with Crippen LogP contribution in [0.5, 0.6) is 0 Å². The predicted molar refractivity (Wildman–Crippen MR) is 46.6 cm³/mol. The van der Waals surface area contributed by atoms with Crippen LogP contribution >= 0.6 is 15.9 Å². The number of methoxy groups -OCH3 is 1. The first-order valence-corrected chi connectivity index (χ1v) is 4.40. The Kier molecular flexibility index (Phi) is 2.12. The maximum Gasteiger partial charge on any atom is 0.188 e. The number of epoxide rings is 1. The van der Waals surface area contributed by atoms with Crippen molar-refractivity contribution in [1.29, 1.82) is 0 Å². The number of aromatic nitrogens is 1. The Balaban J connectivity index is 2.19. The van der Waals surface area contributed by atoms with E-state index in [1.165, 1.54) is 0 Å². The van der Waals surface area contributed by atoms with Crippen molar-refractivity contribution in [3.8, 4) is 0 Å². The second-order valence-electron chi connectivity index (χ2n) is 2.56. The fraction of sp³-hybridized carbons (Fsp3) is 0.375. The molecule has 2 heterocycles. The van der Waals surface area contributed by atoms with Crippen molar-refractivity contribution >= 4 is 15.9 Å². The van der Waals surface area contributed by atoms with Gasteiger partial charge in [-0.05, 0) is 22.0 Å². The summed E-state index contributed by atoms with van der Waals surface area (Å²) in [6, 6.07) is 1.92. The van der Waals surface area contributed by atoms with Gasteiger partial charge in [0.15, 0.2) is 6.29 Å². The van der Waals surface area contributed by atoms with Gasteiger partial charge >= 0.3 is 0 Å². The molecule has 2 unspecified atom stereocenters. The number of hydrogen-bond donors (Lipinski definition) is 0. The minimum Gasteiger partial charge on any atom is -0.353 e. The van der Waals surface area contributed by atoms with Crippen molar-refractivity contribution in [2.24, 2.45) is 0 Å². The van der Waals surface area contributed by atoms with E-state index >= 15 is 0 Å². The summed E-state index contributed by atoms with van der Waals surface area (Å²) in [5.74, 6) is 0. The molecule has 0 aromatic carbocycles. The SMILES string of the molecule is COC1OC1c1ccncc1Br. The molecule has 1 aliphatic rings. The van der Waals surface area contributed by atoms with Crippen LogP contribution < -0.4 is 0 Å². The molecule has 0 spiro atoms. The van der Waals surface area contributed by atoms with E-state index in [0.717, 1.165) is 10.0 Å². The average Bonchev–Trinajstić information content (AvgIpc) is 2.84. The fourth-order valence-corrected chi connectivity index (χ4v) is 1.59.